The molecule has 0 saturated heterocycles. The van der Waals surface area contributed by atoms with Crippen LogP contribution in [-0.4, -0.2) is 18.4 Å². The molecule has 0 radical (unpaired) electrons. The van der Waals surface area contributed by atoms with Gasteiger partial charge in [-0.05, 0) is 56.5 Å². The van der Waals surface area contributed by atoms with Gasteiger partial charge in [-0.2, -0.15) is 0 Å². The molecule has 4 nitrogen and oxygen atoms in total. The molecule has 0 spiro atoms. The lowest BCUT2D eigenvalue weighted by Gasteiger charge is -2.23. The van der Waals surface area contributed by atoms with E-state index in [2.05, 4.69) is 10.6 Å². The highest BCUT2D eigenvalue weighted by molar-refractivity contribution is 6.30. The van der Waals surface area contributed by atoms with Gasteiger partial charge >= 0.3 is 0 Å². The fourth-order valence-corrected chi connectivity index (χ4v) is 2.54. The molecular formula is C20H23ClN2O2. The number of carbonyl (C=O) groups excluding carboxylic acids is 2. The molecule has 132 valence electrons. The molecule has 0 heterocycles. The van der Waals surface area contributed by atoms with Crippen molar-refractivity contribution in [2.45, 2.75) is 27.2 Å². The fourth-order valence-electron chi connectivity index (χ4n) is 2.33. The van der Waals surface area contributed by atoms with E-state index in [1.54, 1.807) is 13.8 Å². The number of hydrogen-bond acceptors (Lipinski definition) is 2. The number of rotatable bonds is 6. The molecule has 5 heteroatoms. The van der Waals surface area contributed by atoms with Crippen LogP contribution in [0.3, 0.4) is 0 Å². The summed E-state index contributed by atoms with van der Waals surface area (Å²) in [5.41, 5.74) is 1.53. The maximum Gasteiger partial charge on any atom is 0.239 e. The first-order valence-corrected chi connectivity index (χ1v) is 8.58. The molecular weight excluding hydrogens is 336 g/mol. The molecule has 2 rings (SSSR count). The number of amides is 2. The second kappa shape index (κ2) is 8.17. The number of hydrogen-bond donors (Lipinski definition) is 2. The molecule has 2 N–H and O–H groups in total. The summed E-state index contributed by atoms with van der Waals surface area (Å²) in [5.74, 6) is -0.636. The van der Waals surface area contributed by atoms with E-state index in [1.165, 1.54) is 0 Å². The molecule has 0 bridgehead atoms. The van der Waals surface area contributed by atoms with E-state index in [-0.39, 0.29) is 11.8 Å². The van der Waals surface area contributed by atoms with Gasteiger partial charge in [0, 0.05) is 17.3 Å². The SMILES string of the molecule is Cc1ccccc1NC(=O)C(C)(C)C(=O)NCCc1cccc(Cl)c1. The van der Waals surface area contributed by atoms with Crippen molar-refractivity contribution in [3.8, 4) is 0 Å². The molecule has 0 atom stereocenters. The summed E-state index contributed by atoms with van der Waals surface area (Å²) < 4.78 is 0. The highest BCUT2D eigenvalue weighted by Gasteiger charge is 2.36. The van der Waals surface area contributed by atoms with Crippen LogP contribution in [0.5, 0.6) is 0 Å². The molecule has 0 saturated carbocycles. The maximum atomic E-state index is 12.5. The smallest absolute Gasteiger partial charge is 0.239 e. The third-order valence-corrected chi connectivity index (χ3v) is 4.35. The van der Waals surface area contributed by atoms with E-state index in [9.17, 15) is 9.59 Å². The highest BCUT2D eigenvalue weighted by atomic mass is 35.5. The number of para-hydroxylation sites is 1. The van der Waals surface area contributed by atoms with Crippen LogP contribution < -0.4 is 10.6 Å². The van der Waals surface area contributed by atoms with E-state index in [0.717, 1.165) is 11.1 Å². The molecule has 2 aromatic carbocycles. The fraction of sp³-hybridized carbons (Fsp3) is 0.300. The third kappa shape index (κ3) is 5.07. The summed E-state index contributed by atoms with van der Waals surface area (Å²) >= 11 is 5.95. The Labute approximate surface area is 153 Å². The van der Waals surface area contributed by atoms with Gasteiger partial charge in [0.2, 0.25) is 11.8 Å². The van der Waals surface area contributed by atoms with E-state index in [0.29, 0.717) is 23.7 Å². The molecule has 0 unspecified atom stereocenters. The van der Waals surface area contributed by atoms with Gasteiger partial charge in [0.25, 0.3) is 0 Å². The van der Waals surface area contributed by atoms with Crippen LogP contribution in [0.4, 0.5) is 5.69 Å². The molecule has 0 aliphatic rings. The van der Waals surface area contributed by atoms with Crippen molar-refractivity contribution in [3.63, 3.8) is 0 Å². The Morgan fingerprint density at radius 2 is 1.76 bits per heavy atom. The van der Waals surface area contributed by atoms with Crippen molar-refractivity contribution in [3.05, 3.63) is 64.7 Å². The number of nitrogens with one attached hydrogen (secondary N) is 2. The first-order chi connectivity index (χ1) is 11.8. The molecule has 0 aromatic heterocycles. The number of halogens is 1. The topological polar surface area (TPSA) is 58.2 Å². The van der Waals surface area contributed by atoms with E-state index in [4.69, 9.17) is 11.6 Å². The second-order valence-electron chi connectivity index (χ2n) is 6.53. The first kappa shape index (κ1) is 19.0. The van der Waals surface area contributed by atoms with Crippen LogP contribution in [0.1, 0.15) is 25.0 Å². The molecule has 25 heavy (non-hydrogen) atoms. The highest BCUT2D eigenvalue weighted by Crippen LogP contribution is 2.21. The van der Waals surface area contributed by atoms with Crippen molar-refractivity contribution < 1.29 is 9.59 Å². The van der Waals surface area contributed by atoms with Crippen molar-refractivity contribution in [2.75, 3.05) is 11.9 Å². The number of aryl methyl sites for hydroxylation is 1. The Hall–Kier alpha value is -2.33. The summed E-state index contributed by atoms with van der Waals surface area (Å²) in [6.45, 7) is 5.60. The Kier molecular flexibility index (Phi) is 6.21. The number of benzene rings is 2. The first-order valence-electron chi connectivity index (χ1n) is 8.20. The molecule has 0 aliphatic heterocycles. The van der Waals surface area contributed by atoms with Crippen LogP contribution in [0.15, 0.2) is 48.5 Å². The van der Waals surface area contributed by atoms with Gasteiger partial charge in [0.1, 0.15) is 5.41 Å². The van der Waals surface area contributed by atoms with Gasteiger partial charge in [-0.1, -0.05) is 41.9 Å². The molecule has 0 aliphatic carbocycles. The standard InChI is InChI=1S/C20H23ClN2O2/c1-14-7-4-5-10-17(14)23-19(25)20(2,3)18(24)22-12-11-15-8-6-9-16(21)13-15/h4-10,13H,11-12H2,1-3H3,(H,22,24)(H,23,25). The predicted octanol–water partition coefficient (Wildman–Crippen LogP) is 3.97. The van der Waals surface area contributed by atoms with Crippen molar-refractivity contribution in [2.24, 2.45) is 5.41 Å². The molecule has 2 aromatic rings. The third-order valence-electron chi connectivity index (χ3n) is 4.12. The summed E-state index contributed by atoms with van der Waals surface area (Å²) in [6, 6.07) is 15.0. The van der Waals surface area contributed by atoms with Crippen molar-refractivity contribution in [1.82, 2.24) is 5.32 Å². The lowest BCUT2D eigenvalue weighted by atomic mass is 9.90. The van der Waals surface area contributed by atoms with E-state index >= 15 is 0 Å². The minimum absolute atomic E-state index is 0.305. The van der Waals surface area contributed by atoms with Crippen LogP contribution in [0, 0.1) is 12.3 Å². The Bertz CT molecular complexity index is 772. The summed E-state index contributed by atoms with van der Waals surface area (Å²) in [7, 11) is 0. The normalized spacial score (nSPS) is 11.0. The van der Waals surface area contributed by atoms with Crippen LogP contribution in [0.2, 0.25) is 5.02 Å². The van der Waals surface area contributed by atoms with Crippen LogP contribution in [-0.2, 0) is 16.0 Å². The van der Waals surface area contributed by atoms with Gasteiger partial charge in [0.05, 0.1) is 0 Å². The van der Waals surface area contributed by atoms with Crippen LogP contribution >= 0.6 is 11.6 Å². The van der Waals surface area contributed by atoms with Gasteiger partial charge in [0.15, 0.2) is 0 Å². The largest absolute Gasteiger partial charge is 0.355 e. The molecule has 0 fully saturated rings. The monoisotopic (exact) mass is 358 g/mol. The van der Waals surface area contributed by atoms with E-state index in [1.807, 2.05) is 55.5 Å². The van der Waals surface area contributed by atoms with Crippen molar-refractivity contribution in [1.29, 1.82) is 0 Å². The summed E-state index contributed by atoms with van der Waals surface area (Å²) in [6.07, 6.45) is 0.655. The minimum Gasteiger partial charge on any atom is -0.355 e. The Morgan fingerprint density at radius 1 is 1.04 bits per heavy atom. The number of anilines is 1. The number of carbonyl (C=O) groups is 2. The maximum absolute atomic E-state index is 12.5. The van der Waals surface area contributed by atoms with Crippen LogP contribution in [0.25, 0.3) is 0 Å². The lowest BCUT2D eigenvalue weighted by molar-refractivity contribution is -0.138. The minimum atomic E-state index is -1.17. The van der Waals surface area contributed by atoms with Crippen molar-refractivity contribution >= 4 is 29.1 Å². The summed E-state index contributed by atoms with van der Waals surface area (Å²) in [5, 5.41) is 6.33. The Morgan fingerprint density at radius 3 is 2.44 bits per heavy atom. The second-order valence-corrected chi connectivity index (χ2v) is 6.97. The average molecular weight is 359 g/mol. The zero-order valence-electron chi connectivity index (χ0n) is 14.7. The van der Waals surface area contributed by atoms with E-state index < -0.39 is 5.41 Å². The zero-order valence-corrected chi connectivity index (χ0v) is 15.5. The van der Waals surface area contributed by atoms with Gasteiger partial charge in [-0.15, -0.1) is 0 Å². The lowest BCUT2D eigenvalue weighted by Crippen LogP contribution is -2.45. The van der Waals surface area contributed by atoms with Gasteiger partial charge < -0.3 is 10.6 Å². The summed E-state index contributed by atoms with van der Waals surface area (Å²) in [4.78, 5) is 25.0. The quantitative estimate of drug-likeness (QED) is 0.767. The zero-order chi connectivity index (χ0) is 18.4. The molecule has 2 amide bonds. The Balaban J connectivity index is 1.92. The van der Waals surface area contributed by atoms with Gasteiger partial charge in [-0.25, -0.2) is 0 Å². The average Bonchev–Trinajstić information content (AvgIpc) is 2.56. The van der Waals surface area contributed by atoms with Gasteiger partial charge in [-0.3, -0.25) is 9.59 Å². The predicted molar refractivity (Wildman–Crippen MR) is 102 cm³/mol.